The van der Waals surface area contributed by atoms with Crippen LogP contribution < -0.4 is 16.1 Å². The van der Waals surface area contributed by atoms with Crippen molar-refractivity contribution in [2.24, 2.45) is 0 Å². The van der Waals surface area contributed by atoms with Crippen LogP contribution in [0.2, 0.25) is 0 Å². The molecule has 1 amide bonds. The SMILES string of the molecule is C[C@H](NC(=O)c1cc(C#N)cnc1NCc1ccc(B2OC(C)(C)C(C)(C)O2)c(F)c1)c1ccc(F)cc1. The lowest BCUT2D eigenvalue weighted by Gasteiger charge is -2.32. The molecule has 2 N–H and O–H groups in total. The number of benzene rings is 2. The van der Waals surface area contributed by atoms with Crippen LogP contribution in [0.5, 0.6) is 0 Å². The first-order valence-electron chi connectivity index (χ1n) is 12.2. The van der Waals surface area contributed by atoms with E-state index in [-0.39, 0.29) is 29.3 Å². The molecule has 4 rings (SSSR count). The Morgan fingerprint density at radius 2 is 1.74 bits per heavy atom. The number of rotatable bonds is 7. The molecule has 0 saturated carbocycles. The number of pyridine rings is 1. The van der Waals surface area contributed by atoms with Crippen molar-refractivity contribution in [3.05, 3.63) is 88.6 Å². The second-order valence-electron chi connectivity index (χ2n) is 10.3. The highest BCUT2D eigenvalue weighted by Gasteiger charge is 2.52. The number of hydrogen-bond acceptors (Lipinski definition) is 6. The maximum atomic E-state index is 15.0. The summed E-state index contributed by atoms with van der Waals surface area (Å²) >= 11 is 0. The third-order valence-electron chi connectivity index (χ3n) is 7.01. The van der Waals surface area contributed by atoms with Gasteiger partial charge in [0.05, 0.1) is 28.4 Å². The van der Waals surface area contributed by atoms with Crippen molar-refractivity contribution < 1.29 is 22.9 Å². The molecule has 1 aliphatic heterocycles. The van der Waals surface area contributed by atoms with Crippen LogP contribution in [0.25, 0.3) is 0 Å². The van der Waals surface area contributed by atoms with Crippen LogP contribution in [0.4, 0.5) is 14.6 Å². The van der Waals surface area contributed by atoms with Gasteiger partial charge in [0.25, 0.3) is 5.91 Å². The van der Waals surface area contributed by atoms with E-state index < -0.39 is 36.1 Å². The number of halogens is 2. The lowest BCUT2D eigenvalue weighted by Crippen LogP contribution is -2.41. The number of nitrogens with zero attached hydrogens (tertiary/aromatic N) is 2. The molecule has 1 aromatic heterocycles. The van der Waals surface area contributed by atoms with Gasteiger partial charge >= 0.3 is 7.12 Å². The number of aromatic nitrogens is 1. The zero-order valence-corrected chi connectivity index (χ0v) is 21.9. The largest absolute Gasteiger partial charge is 0.497 e. The molecule has 10 heteroatoms. The molecule has 0 aliphatic carbocycles. The second-order valence-corrected chi connectivity index (χ2v) is 10.3. The number of nitrogens with one attached hydrogen (secondary N) is 2. The summed E-state index contributed by atoms with van der Waals surface area (Å²) in [6.07, 6.45) is 1.35. The fourth-order valence-electron chi connectivity index (χ4n) is 3.98. The van der Waals surface area contributed by atoms with E-state index in [9.17, 15) is 14.4 Å². The van der Waals surface area contributed by atoms with Crippen LogP contribution >= 0.6 is 0 Å². The van der Waals surface area contributed by atoms with Crippen molar-refractivity contribution in [2.45, 2.75) is 58.4 Å². The van der Waals surface area contributed by atoms with E-state index >= 15 is 4.39 Å². The quantitative estimate of drug-likeness (QED) is 0.443. The highest BCUT2D eigenvalue weighted by molar-refractivity contribution is 6.62. The van der Waals surface area contributed by atoms with Gasteiger partial charge in [-0.1, -0.05) is 24.3 Å². The Labute approximate surface area is 221 Å². The number of carbonyl (C=O) groups excluding carboxylic acids is 1. The molecular formula is C28H29BF2N4O3. The van der Waals surface area contributed by atoms with Crippen molar-refractivity contribution in [2.75, 3.05) is 5.32 Å². The van der Waals surface area contributed by atoms with Crippen LogP contribution in [-0.2, 0) is 15.9 Å². The number of anilines is 1. The topological polar surface area (TPSA) is 96.3 Å². The predicted octanol–water partition coefficient (Wildman–Crippen LogP) is 4.63. The van der Waals surface area contributed by atoms with E-state index in [1.807, 2.05) is 33.8 Å². The van der Waals surface area contributed by atoms with E-state index in [0.29, 0.717) is 11.0 Å². The van der Waals surface area contributed by atoms with Gasteiger partial charge in [0.1, 0.15) is 23.5 Å². The highest BCUT2D eigenvalue weighted by atomic mass is 19.1. The molecule has 1 atom stereocenters. The van der Waals surface area contributed by atoms with Crippen molar-refractivity contribution in [1.82, 2.24) is 10.3 Å². The molecule has 0 bridgehead atoms. The summed E-state index contributed by atoms with van der Waals surface area (Å²) in [6.45, 7) is 9.56. The third kappa shape index (κ3) is 5.69. The Morgan fingerprint density at radius 1 is 1.08 bits per heavy atom. The van der Waals surface area contributed by atoms with Gasteiger partial charge in [-0.05, 0) is 70.0 Å². The first kappa shape index (κ1) is 27.2. The fourth-order valence-corrected chi connectivity index (χ4v) is 3.98. The third-order valence-corrected chi connectivity index (χ3v) is 7.01. The summed E-state index contributed by atoms with van der Waals surface area (Å²) in [7, 11) is -0.819. The monoisotopic (exact) mass is 518 g/mol. The molecule has 0 radical (unpaired) electrons. The summed E-state index contributed by atoms with van der Waals surface area (Å²) in [4.78, 5) is 17.3. The van der Waals surface area contributed by atoms with E-state index in [0.717, 1.165) is 5.56 Å². The maximum Gasteiger partial charge on any atom is 0.497 e. The minimum absolute atomic E-state index is 0.160. The Morgan fingerprint density at radius 3 is 2.34 bits per heavy atom. The van der Waals surface area contributed by atoms with Crippen molar-refractivity contribution in [1.29, 1.82) is 5.26 Å². The van der Waals surface area contributed by atoms with Gasteiger partial charge in [0.15, 0.2) is 0 Å². The lowest BCUT2D eigenvalue weighted by atomic mass is 9.78. The van der Waals surface area contributed by atoms with Gasteiger partial charge < -0.3 is 19.9 Å². The molecule has 1 saturated heterocycles. The van der Waals surface area contributed by atoms with E-state index in [4.69, 9.17) is 9.31 Å². The molecule has 1 fully saturated rings. The summed E-state index contributed by atoms with van der Waals surface area (Å²) in [5, 5.41) is 15.2. The fraction of sp³-hybridized carbons (Fsp3) is 0.321. The zero-order chi connectivity index (χ0) is 27.7. The van der Waals surface area contributed by atoms with Crippen molar-refractivity contribution >= 4 is 24.3 Å². The summed E-state index contributed by atoms with van der Waals surface area (Å²) < 4.78 is 40.2. The number of hydrogen-bond donors (Lipinski definition) is 2. The van der Waals surface area contributed by atoms with Gasteiger partial charge in [-0.25, -0.2) is 13.8 Å². The summed E-state index contributed by atoms with van der Waals surface area (Å²) in [6, 6.07) is 13.6. The predicted molar refractivity (Wildman–Crippen MR) is 141 cm³/mol. The normalized spacial score (nSPS) is 16.5. The minimum atomic E-state index is -0.819. The molecule has 3 aromatic rings. The smallest absolute Gasteiger partial charge is 0.399 e. The van der Waals surface area contributed by atoms with E-state index in [1.54, 1.807) is 31.2 Å². The molecule has 196 valence electrons. The Balaban J connectivity index is 1.49. The second kappa shape index (κ2) is 10.5. The Kier molecular flexibility index (Phi) is 7.54. The van der Waals surface area contributed by atoms with Crippen LogP contribution in [0, 0.1) is 23.0 Å². The first-order valence-corrected chi connectivity index (χ1v) is 12.2. The Hall–Kier alpha value is -3.81. The average Bonchev–Trinajstić information content (AvgIpc) is 3.09. The lowest BCUT2D eigenvalue weighted by molar-refractivity contribution is 0.00578. The Bertz CT molecular complexity index is 1370. The van der Waals surface area contributed by atoms with Gasteiger partial charge in [-0.15, -0.1) is 0 Å². The molecule has 1 aliphatic rings. The number of amides is 1. The minimum Gasteiger partial charge on any atom is -0.399 e. The van der Waals surface area contributed by atoms with Crippen LogP contribution in [0.1, 0.15) is 67.7 Å². The molecule has 38 heavy (non-hydrogen) atoms. The van der Waals surface area contributed by atoms with E-state index in [2.05, 4.69) is 15.6 Å². The van der Waals surface area contributed by atoms with E-state index in [1.165, 1.54) is 30.5 Å². The molecule has 2 heterocycles. The first-order chi connectivity index (χ1) is 17.9. The number of nitriles is 1. The standard InChI is InChI=1S/C28H29BF2N4O3/c1-17(20-7-9-21(30)10-8-20)35-26(36)22-12-19(14-32)16-34-25(22)33-15-18-6-11-23(24(31)13-18)29-37-27(2,3)28(4,5)38-29/h6-13,16-17H,15H2,1-5H3,(H,33,34)(H,35,36)/t17-/m0/s1. The van der Waals surface area contributed by atoms with Crippen molar-refractivity contribution in [3.8, 4) is 6.07 Å². The highest BCUT2D eigenvalue weighted by Crippen LogP contribution is 2.36. The maximum absolute atomic E-state index is 15.0. The van der Waals surface area contributed by atoms with Gasteiger partial charge in [0, 0.05) is 18.2 Å². The zero-order valence-electron chi connectivity index (χ0n) is 21.9. The summed E-state index contributed by atoms with van der Waals surface area (Å²) in [5.41, 5.74) is 0.836. The molecule has 2 aromatic carbocycles. The molecule has 7 nitrogen and oxygen atoms in total. The van der Waals surface area contributed by atoms with Gasteiger partial charge in [-0.2, -0.15) is 5.26 Å². The van der Waals surface area contributed by atoms with Gasteiger partial charge in [0.2, 0.25) is 0 Å². The summed E-state index contributed by atoms with van der Waals surface area (Å²) in [5.74, 6) is -1.06. The number of carbonyl (C=O) groups is 1. The van der Waals surface area contributed by atoms with Crippen molar-refractivity contribution in [3.63, 3.8) is 0 Å². The molecule has 0 unspecified atom stereocenters. The molecular weight excluding hydrogens is 489 g/mol. The molecule has 0 spiro atoms. The average molecular weight is 518 g/mol. The van der Waals surface area contributed by atoms with Crippen LogP contribution in [0.15, 0.2) is 54.7 Å². The van der Waals surface area contributed by atoms with Gasteiger partial charge in [-0.3, -0.25) is 4.79 Å². The van der Waals surface area contributed by atoms with Crippen LogP contribution in [-0.4, -0.2) is 29.2 Å². The van der Waals surface area contributed by atoms with Crippen LogP contribution in [0.3, 0.4) is 0 Å².